The number of carbonyl (C=O) groups is 2. The predicted octanol–water partition coefficient (Wildman–Crippen LogP) is -0.974. The first-order valence-corrected chi connectivity index (χ1v) is 4.25. The third-order valence-electron chi connectivity index (χ3n) is 1.80. The van der Waals surface area contributed by atoms with E-state index in [-0.39, 0.29) is 17.9 Å². The SMILES string of the molecule is CC(=O)NC(C)C(=O)NC1COC1. The van der Waals surface area contributed by atoms with Crippen LogP contribution < -0.4 is 10.6 Å². The molecule has 5 nitrogen and oxygen atoms in total. The largest absolute Gasteiger partial charge is 0.377 e. The van der Waals surface area contributed by atoms with Gasteiger partial charge in [0.1, 0.15) is 6.04 Å². The fourth-order valence-corrected chi connectivity index (χ4v) is 1.02. The van der Waals surface area contributed by atoms with Crippen LogP contribution in [-0.2, 0) is 14.3 Å². The van der Waals surface area contributed by atoms with Crippen LogP contribution in [0.15, 0.2) is 0 Å². The Morgan fingerprint density at radius 3 is 2.46 bits per heavy atom. The van der Waals surface area contributed by atoms with Gasteiger partial charge < -0.3 is 15.4 Å². The predicted molar refractivity (Wildman–Crippen MR) is 46.0 cm³/mol. The van der Waals surface area contributed by atoms with Crippen molar-refractivity contribution in [2.45, 2.75) is 25.9 Å². The maximum absolute atomic E-state index is 11.3. The van der Waals surface area contributed by atoms with Crippen LogP contribution in [-0.4, -0.2) is 37.1 Å². The molecular formula is C8H14N2O3. The molecule has 13 heavy (non-hydrogen) atoms. The zero-order valence-corrected chi connectivity index (χ0v) is 7.79. The quantitative estimate of drug-likeness (QED) is 0.595. The number of ether oxygens (including phenoxy) is 1. The van der Waals surface area contributed by atoms with Crippen LogP contribution in [0.25, 0.3) is 0 Å². The topological polar surface area (TPSA) is 67.4 Å². The molecule has 1 aliphatic rings. The van der Waals surface area contributed by atoms with Crippen LogP contribution >= 0.6 is 0 Å². The molecule has 2 amide bonds. The van der Waals surface area contributed by atoms with Gasteiger partial charge >= 0.3 is 0 Å². The molecule has 1 aliphatic heterocycles. The van der Waals surface area contributed by atoms with Crippen molar-refractivity contribution >= 4 is 11.8 Å². The molecule has 74 valence electrons. The van der Waals surface area contributed by atoms with Crippen molar-refractivity contribution in [2.24, 2.45) is 0 Å². The lowest BCUT2D eigenvalue weighted by molar-refractivity contribution is -0.130. The standard InChI is InChI=1S/C8H14N2O3/c1-5(9-6(2)11)8(12)10-7-3-13-4-7/h5,7H,3-4H2,1-2H3,(H,9,11)(H,10,12). The summed E-state index contributed by atoms with van der Waals surface area (Å²) in [7, 11) is 0. The fraction of sp³-hybridized carbons (Fsp3) is 0.750. The van der Waals surface area contributed by atoms with E-state index in [1.807, 2.05) is 0 Å². The average molecular weight is 186 g/mol. The smallest absolute Gasteiger partial charge is 0.242 e. The highest BCUT2D eigenvalue weighted by molar-refractivity contribution is 5.86. The minimum Gasteiger partial charge on any atom is -0.377 e. The third-order valence-corrected chi connectivity index (χ3v) is 1.80. The van der Waals surface area contributed by atoms with Gasteiger partial charge in [-0.1, -0.05) is 0 Å². The van der Waals surface area contributed by atoms with Gasteiger partial charge in [0.05, 0.1) is 19.3 Å². The van der Waals surface area contributed by atoms with Gasteiger partial charge in [0.15, 0.2) is 0 Å². The van der Waals surface area contributed by atoms with Crippen molar-refractivity contribution in [3.8, 4) is 0 Å². The van der Waals surface area contributed by atoms with Crippen molar-refractivity contribution in [1.29, 1.82) is 0 Å². The zero-order valence-electron chi connectivity index (χ0n) is 7.79. The lowest BCUT2D eigenvalue weighted by atomic mass is 10.2. The van der Waals surface area contributed by atoms with E-state index in [1.165, 1.54) is 6.92 Å². The Kier molecular flexibility index (Phi) is 3.25. The molecule has 1 unspecified atom stereocenters. The summed E-state index contributed by atoms with van der Waals surface area (Å²) < 4.78 is 4.89. The number of hydrogen-bond acceptors (Lipinski definition) is 3. The summed E-state index contributed by atoms with van der Waals surface area (Å²) >= 11 is 0. The molecule has 0 saturated carbocycles. The highest BCUT2D eigenvalue weighted by Gasteiger charge is 2.23. The molecule has 0 bridgehead atoms. The molecule has 1 rings (SSSR count). The third kappa shape index (κ3) is 3.02. The molecule has 1 atom stereocenters. The van der Waals surface area contributed by atoms with Gasteiger partial charge in [-0.15, -0.1) is 0 Å². The van der Waals surface area contributed by atoms with Crippen molar-refractivity contribution < 1.29 is 14.3 Å². The maximum atomic E-state index is 11.3. The highest BCUT2D eigenvalue weighted by Crippen LogP contribution is 1.99. The Bertz CT molecular complexity index is 213. The van der Waals surface area contributed by atoms with E-state index in [4.69, 9.17) is 4.74 Å². The molecule has 2 N–H and O–H groups in total. The van der Waals surface area contributed by atoms with Crippen molar-refractivity contribution in [2.75, 3.05) is 13.2 Å². The molecule has 1 saturated heterocycles. The first kappa shape index (κ1) is 9.98. The second kappa shape index (κ2) is 4.23. The summed E-state index contributed by atoms with van der Waals surface area (Å²) in [4.78, 5) is 21.9. The zero-order chi connectivity index (χ0) is 9.84. The van der Waals surface area contributed by atoms with Gasteiger partial charge in [0, 0.05) is 6.92 Å². The number of carbonyl (C=O) groups excluding carboxylic acids is 2. The van der Waals surface area contributed by atoms with Crippen molar-refractivity contribution in [3.05, 3.63) is 0 Å². The number of rotatable bonds is 3. The Hall–Kier alpha value is -1.10. The molecule has 0 aromatic rings. The molecule has 5 heteroatoms. The summed E-state index contributed by atoms with van der Waals surface area (Å²) in [5.41, 5.74) is 0. The molecule has 1 fully saturated rings. The Morgan fingerprint density at radius 1 is 1.46 bits per heavy atom. The van der Waals surface area contributed by atoms with Crippen LogP contribution in [0.2, 0.25) is 0 Å². The van der Waals surface area contributed by atoms with E-state index in [9.17, 15) is 9.59 Å². The van der Waals surface area contributed by atoms with Crippen LogP contribution in [0.3, 0.4) is 0 Å². The average Bonchev–Trinajstić information content (AvgIpc) is 1.94. The second-order valence-electron chi connectivity index (χ2n) is 3.17. The number of hydrogen-bond donors (Lipinski definition) is 2. The van der Waals surface area contributed by atoms with Crippen LogP contribution in [0.5, 0.6) is 0 Å². The van der Waals surface area contributed by atoms with Crippen LogP contribution in [0.4, 0.5) is 0 Å². The summed E-state index contributed by atoms with van der Waals surface area (Å²) in [6.45, 7) is 4.17. The highest BCUT2D eigenvalue weighted by atomic mass is 16.5. The lowest BCUT2D eigenvalue weighted by Crippen LogP contribution is -2.54. The van der Waals surface area contributed by atoms with Gasteiger partial charge in [0.2, 0.25) is 11.8 Å². The monoisotopic (exact) mass is 186 g/mol. The summed E-state index contributed by atoms with van der Waals surface area (Å²) in [5.74, 6) is -0.365. The molecule has 0 aliphatic carbocycles. The molecule has 0 radical (unpaired) electrons. The normalized spacial score (nSPS) is 18.6. The van der Waals surface area contributed by atoms with Gasteiger partial charge in [-0.05, 0) is 6.92 Å². The second-order valence-corrected chi connectivity index (χ2v) is 3.17. The lowest BCUT2D eigenvalue weighted by Gasteiger charge is -2.28. The van der Waals surface area contributed by atoms with E-state index in [2.05, 4.69) is 10.6 Å². The summed E-state index contributed by atoms with van der Waals surface area (Å²) in [5, 5.41) is 5.25. The minimum atomic E-state index is -0.474. The van der Waals surface area contributed by atoms with Gasteiger partial charge in [-0.2, -0.15) is 0 Å². The van der Waals surface area contributed by atoms with Gasteiger partial charge in [0.25, 0.3) is 0 Å². The first-order valence-electron chi connectivity index (χ1n) is 4.25. The summed E-state index contributed by atoms with van der Waals surface area (Å²) in [6, 6.07) is -0.359. The Morgan fingerprint density at radius 2 is 2.08 bits per heavy atom. The van der Waals surface area contributed by atoms with Crippen LogP contribution in [0, 0.1) is 0 Å². The van der Waals surface area contributed by atoms with E-state index >= 15 is 0 Å². The van der Waals surface area contributed by atoms with E-state index in [0.29, 0.717) is 13.2 Å². The van der Waals surface area contributed by atoms with E-state index in [0.717, 1.165) is 0 Å². The minimum absolute atomic E-state index is 0.115. The molecule has 1 heterocycles. The van der Waals surface area contributed by atoms with Crippen LogP contribution in [0.1, 0.15) is 13.8 Å². The molecule has 0 aromatic heterocycles. The van der Waals surface area contributed by atoms with E-state index in [1.54, 1.807) is 6.92 Å². The maximum Gasteiger partial charge on any atom is 0.242 e. The molecular weight excluding hydrogens is 172 g/mol. The summed E-state index contributed by atoms with van der Waals surface area (Å²) in [6.07, 6.45) is 0. The Balaban J connectivity index is 2.24. The van der Waals surface area contributed by atoms with Crippen molar-refractivity contribution in [3.63, 3.8) is 0 Å². The number of amides is 2. The van der Waals surface area contributed by atoms with Gasteiger partial charge in [-0.25, -0.2) is 0 Å². The molecule has 0 spiro atoms. The first-order chi connectivity index (χ1) is 6.09. The van der Waals surface area contributed by atoms with E-state index < -0.39 is 6.04 Å². The van der Waals surface area contributed by atoms with Gasteiger partial charge in [-0.3, -0.25) is 9.59 Å². The van der Waals surface area contributed by atoms with Crippen molar-refractivity contribution in [1.82, 2.24) is 10.6 Å². The Labute approximate surface area is 76.8 Å². The molecule has 0 aromatic carbocycles. The number of nitrogens with one attached hydrogen (secondary N) is 2. The fourth-order valence-electron chi connectivity index (χ4n) is 1.02.